The van der Waals surface area contributed by atoms with Crippen molar-refractivity contribution in [2.45, 2.75) is 13.8 Å². The van der Waals surface area contributed by atoms with E-state index in [9.17, 15) is 0 Å². The maximum atomic E-state index is 6.11. The molecule has 4 nitrogen and oxygen atoms in total. The SMILES string of the molecule is C=CCONC=Nc1cc(C)c(OCC)c(Cl)c1. The number of hydroxylamine groups is 1. The quantitative estimate of drug-likeness (QED) is 0.271. The van der Waals surface area contributed by atoms with E-state index in [2.05, 4.69) is 17.1 Å². The second-order valence-corrected chi connectivity index (χ2v) is 3.89. The third-order valence-electron chi connectivity index (χ3n) is 2.05. The minimum absolute atomic E-state index is 0.412. The molecule has 0 saturated heterocycles. The smallest absolute Gasteiger partial charge is 0.140 e. The first kappa shape index (κ1) is 14.5. The van der Waals surface area contributed by atoms with Crippen LogP contribution in [-0.2, 0) is 4.84 Å². The van der Waals surface area contributed by atoms with Crippen LogP contribution in [0, 0.1) is 6.92 Å². The van der Waals surface area contributed by atoms with Crippen molar-refractivity contribution in [3.05, 3.63) is 35.4 Å². The molecule has 0 bridgehead atoms. The van der Waals surface area contributed by atoms with Crippen molar-refractivity contribution >= 4 is 23.6 Å². The van der Waals surface area contributed by atoms with Crippen molar-refractivity contribution in [3.63, 3.8) is 0 Å². The van der Waals surface area contributed by atoms with Crippen LogP contribution in [0.3, 0.4) is 0 Å². The average molecular weight is 269 g/mol. The van der Waals surface area contributed by atoms with Gasteiger partial charge >= 0.3 is 0 Å². The third kappa shape index (κ3) is 4.39. The molecule has 0 spiro atoms. The molecule has 1 aromatic carbocycles. The molecule has 98 valence electrons. The molecule has 0 fully saturated rings. The van der Waals surface area contributed by atoms with Gasteiger partial charge in [0.1, 0.15) is 12.1 Å². The van der Waals surface area contributed by atoms with Gasteiger partial charge in [0.2, 0.25) is 0 Å². The molecule has 5 heteroatoms. The predicted molar refractivity (Wildman–Crippen MR) is 74.8 cm³/mol. The number of rotatable bonds is 7. The Kier molecular flexibility index (Phi) is 6.25. The second kappa shape index (κ2) is 7.74. The zero-order valence-electron chi connectivity index (χ0n) is 10.6. The minimum Gasteiger partial charge on any atom is -0.492 e. The van der Waals surface area contributed by atoms with Gasteiger partial charge in [-0.1, -0.05) is 17.7 Å². The number of benzene rings is 1. The van der Waals surface area contributed by atoms with Crippen LogP contribution in [0.15, 0.2) is 29.8 Å². The fourth-order valence-electron chi connectivity index (χ4n) is 1.36. The molecule has 0 aliphatic rings. The van der Waals surface area contributed by atoms with Crippen molar-refractivity contribution in [1.29, 1.82) is 0 Å². The van der Waals surface area contributed by atoms with E-state index < -0.39 is 0 Å². The van der Waals surface area contributed by atoms with Crippen LogP contribution in [0.4, 0.5) is 5.69 Å². The molecule has 1 aromatic rings. The summed E-state index contributed by atoms with van der Waals surface area (Å²) in [5.41, 5.74) is 4.26. The minimum atomic E-state index is 0.412. The lowest BCUT2D eigenvalue weighted by Crippen LogP contribution is -2.11. The van der Waals surface area contributed by atoms with Gasteiger partial charge in [-0.15, -0.1) is 6.58 Å². The van der Waals surface area contributed by atoms with Crippen molar-refractivity contribution in [2.75, 3.05) is 13.2 Å². The van der Waals surface area contributed by atoms with Crippen LogP contribution < -0.4 is 10.2 Å². The van der Waals surface area contributed by atoms with E-state index in [0.717, 1.165) is 11.3 Å². The van der Waals surface area contributed by atoms with Crippen molar-refractivity contribution < 1.29 is 9.57 Å². The van der Waals surface area contributed by atoms with Gasteiger partial charge in [0.05, 0.1) is 23.9 Å². The van der Waals surface area contributed by atoms with E-state index in [1.807, 2.05) is 19.9 Å². The monoisotopic (exact) mass is 268 g/mol. The molecular weight excluding hydrogens is 252 g/mol. The highest BCUT2D eigenvalue weighted by atomic mass is 35.5. The van der Waals surface area contributed by atoms with Gasteiger partial charge < -0.3 is 4.74 Å². The molecule has 0 unspecified atom stereocenters. The van der Waals surface area contributed by atoms with E-state index >= 15 is 0 Å². The van der Waals surface area contributed by atoms with Gasteiger partial charge in [-0.25, -0.2) is 4.99 Å². The topological polar surface area (TPSA) is 42.8 Å². The summed E-state index contributed by atoms with van der Waals surface area (Å²) < 4.78 is 5.44. The van der Waals surface area contributed by atoms with Gasteiger partial charge in [-0.2, -0.15) is 0 Å². The van der Waals surface area contributed by atoms with E-state index in [0.29, 0.717) is 24.0 Å². The number of halogens is 1. The number of aryl methyl sites for hydroxylation is 1. The number of hydrogen-bond acceptors (Lipinski definition) is 3. The largest absolute Gasteiger partial charge is 0.492 e. The highest BCUT2D eigenvalue weighted by Gasteiger charge is 2.06. The van der Waals surface area contributed by atoms with E-state index in [1.165, 1.54) is 6.34 Å². The van der Waals surface area contributed by atoms with Gasteiger partial charge in [0.15, 0.2) is 0 Å². The first-order valence-electron chi connectivity index (χ1n) is 5.62. The zero-order valence-corrected chi connectivity index (χ0v) is 11.3. The Hall–Kier alpha value is -1.52. The molecule has 0 heterocycles. The van der Waals surface area contributed by atoms with Crippen LogP contribution in [-0.4, -0.2) is 19.6 Å². The summed E-state index contributed by atoms with van der Waals surface area (Å²) in [5, 5.41) is 0.552. The van der Waals surface area contributed by atoms with Gasteiger partial charge in [-0.05, 0) is 31.5 Å². The molecule has 0 aliphatic carbocycles. The standard InChI is InChI=1S/C13H17ClN2O2/c1-4-6-18-16-9-15-11-7-10(3)13(17-5-2)12(14)8-11/h4,7-9H,1,5-6H2,2-3H3,(H,15,16). The molecule has 0 saturated carbocycles. The van der Waals surface area contributed by atoms with Crippen molar-refractivity contribution in [3.8, 4) is 5.75 Å². The molecule has 0 aliphatic heterocycles. The van der Waals surface area contributed by atoms with E-state index in [-0.39, 0.29) is 0 Å². The maximum absolute atomic E-state index is 6.11. The Bertz CT molecular complexity index is 410. The fraction of sp³-hybridized carbons (Fsp3) is 0.308. The molecule has 18 heavy (non-hydrogen) atoms. The molecule has 1 rings (SSSR count). The Morgan fingerprint density at radius 1 is 1.50 bits per heavy atom. The van der Waals surface area contributed by atoms with Gasteiger partial charge in [-0.3, -0.25) is 10.3 Å². The summed E-state index contributed by atoms with van der Waals surface area (Å²) in [6.07, 6.45) is 3.09. The number of nitrogens with zero attached hydrogens (tertiary/aromatic N) is 1. The normalized spacial score (nSPS) is 10.6. The van der Waals surface area contributed by atoms with Crippen LogP contribution in [0.1, 0.15) is 12.5 Å². The zero-order chi connectivity index (χ0) is 13.4. The predicted octanol–water partition coefficient (Wildman–Crippen LogP) is 3.41. The van der Waals surface area contributed by atoms with E-state index in [1.54, 1.807) is 12.1 Å². The lowest BCUT2D eigenvalue weighted by atomic mass is 10.2. The number of nitrogens with one attached hydrogen (secondary N) is 1. The van der Waals surface area contributed by atoms with Gasteiger partial charge in [0.25, 0.3) is 0 Å². The van der Waals surface area contributed by atoms with Crippen LogP contribution >= 0.6 is 11.6 Å². The molecule has 1 N–H and O–H groups in total. The Morgan fingerprint density at radius 3 is 2.89 bits per heavy atom. The Labute approximate surface area is 112 Å². The number of aliphatic imine (C=N–C) groups is 1. The molecule has 0 radical (unpaired) electrons. The molecular formula is C13H17ClN2O2. The van der Waals surface area contributed by atoms with Crippen LogP contribution in [0.25, 0.3) is 0 Å². The first-order valence-corrected chi connectivity index (χ1v) is 6.00. The molecule has 0 atom stereocenters. The first-order chi connectivity index (χ1) is 8.69. The summed E-state index contributed by atoms with van der Waals surface area (Å²) in [4.78, 5) is 9.12. The van der Waals surface area contributed by atoms with E-state index in [4.69, 9.17) is 21.2 Å². The molecule has 0 amide bonds. The highest BCUT2D eigenvalue weighted by Crippen LogP contribution is 2.32. The molecule has 0 aromatic heterocycles. The summed E-state index contributed by atoms with van der Waals surface area (Å²) in [6.45, 7) is 8.37. The third-order valence-corrected chi connectivity index (χ3v) is 2.33. The van der Waals surface area contributed by atoms with Gasteiger partial charge in [0, 0.05) is 0 Å². The summed E-state index contributed by atoms with van der Waals surface area (Å²) in [6, 6.07) is 3.63. The highest BCUT2D eigenvalue weighted by molar-refractivity contribution is 6.32. The lowest BCUT2D eigenvalue weighted by molar-refractivity contribution is 0.114. The summed E-state index contributed by atoms with van der Waals surface area (Å²) >= 11 is 6.11. The summed E-state index contributed by atoms with van der Waals surface area (Å²) in [7, 11) is 0. The summed E-state index contributed by atoms with van der Waals surface area (Å²) in [5.74, 6) is 0.703. The Morgan fingerprint density at radius 2 is 2.28 bits per heavy atom. The lowest BCUT2D eigenvalue weighted by Gasteiger charge is -2.09. The second-order valence-electron chi connectivity index (χ2n) is 3.48. The van der Waals surface area contributed by atoms with Crippen LogP contribution in [0.2, 0.25) is 5.02 Å². The maximum Gasteiger partial charge on any atom is 0.140 e. The van der Waals surface area contributed by atoms with Crippen LogP contribution in [0.5, 0.6) is 5.75 Å². The fourth-order valence-corrected chi connectivity index (χ4v) is 1.68. The van der Waals surface area contributed by atoms with Crippen molar-refractivity contribution in [2.24, 2.45) is 4.99 Å². The number of hydrogen-bond donors (Lipinski definition) is 1. The Balaban J connectivity index is 2.70. The number of ether oxygens (including phenoxy) is 1. The average Bonchev–Trinajstić information content (AvgIpc) is 2.33. The van der Waals surface area contributed by atoms with Crippen molar-refractivity contribution in [1.82, 2.24) is 5.48 Å².